The molecule has 0 bridgehead atoms. The number of hydrogen-bond acceptors (Lipinski definition) is 2. The number of benzene rings is 1. The molecule has 1 N–H and O–H groups in total. The highest BCUT2D eigenvalue weighted by Crippen LogP contribution is 2.32. The van der Waals surface area contributed by atoms with Crippen molar-refractivity contribution in [3.05, 3.63) is 28.8 Å². The highest BCUT2D eigenvalue weighted by molar-refractivity contribution is 6.32. The molecule has 0 atom stereocenters. The van der Waals surface area contributed by atoms with Crippen molar-refractivity contribution in [2.45, 2.75) is 51.2 Å². The quantitative estimate of drug-likeness (QED) is 0.828. The lowest BCUT2D eigenvalue weighted by Gasteiger charge is -2.19. The number of aliphatic hydroxyl groups is 1. The molecule has 0 unspecified atom stereocenters. The predicted octanol–water partition coefficient (Wildman–Crippen LogP) is 3.93. The van der Waals surface area contributed by atoms with Gasteiger partial charge in [0.25, 0.3) is 0 Å². The fourth-order valence-electron chi connectivity index (χ4n) is 2.34. The second kappa shape index (κ2) is 6.27. The third kappa shape index (κ3) is 3.36. The summed E-state index contributed by atoms with van der Waals surface area (Å²) in [5.74, 6) is 0.670. The summed E-state index contributed by atoms with van der Waals surface area (Å²) in [6, 6.07) is 5.51. The van der Waals surface area contributed by atoms with Gasteiger partial charge in [0.1, 0.15) is 5.75 Å². The molecular formula is C14H19ClO2. The standard InChI is InChI=1S/C14H19ClO2/c15-13-9-5-6-11(10-16)14(13)17-12-7-3-1-2-4-8-12/h5-6,9,12,16H,1-4,7-8,10H2. The number of aliphatic hydroxyl groups excluding tert-OH is 1. The van der Waals surface area contributed by atoms with Crippen LogP contribution < -0.4 is 4.74 Å². The van der Waals surface area contributed by atoms with Gasteiger partial charge >= 0.3 is 0 Å². The van der Waals surface area contributed by atoms with Crippen LogP contribution in [0.15, 0.2) is 18.2 Å². The van der Waals surface area contributed by atoms with E-state index in [1.165, 1.54) is 25.7 Å². The molecule has 1 aliphatic carbocycles. The molecule has 17 heavy (non-hydrogen) atoms. The van der Waals surface area contributed by atoms with E-state index in [0.29, 0.717) is 10.8 Å². The molecule has 3 heteroatoms. The van der Waals surface area contributed by atoms with Crippen molar-refractivity contribution >= 4 is 11.6 Å². The van der Waals surface area contributed by atoms with E-state index < -0.39 is 0 Å². The molecule has 0 spiro atoms. The summed E-state index contributed by atoms with van der Waals surface area (Å²) >= 11 is 6.13. The molecule has 0 heterocycles. The van der Waals surface area contributed by atoms with E-state index in [2.05, 4.69) is 0 Å². The minimum absolute atomic E-state index is 0.0252. The zero-order valence-electron chi connectivity index (χ0n) is 9.99. The van der Waals surface area contributed by atoms with Crippen molar-refractivity contribution < 1.29 is 9.84 Å². The summed E-state index contributed by atoms with van der Waals surface area (Å²) in [6.45, 7) is -0.0252. The van der Waals surface area contributed by atoms with Crippen molar-refractivity contribution in [1.82, 2.24) is 0 Å². The molecule has 1 aromatic carbocycles. The van der Waals surface area contributed by atoms with E-state index in [0.717, 1.165) is 18.4 Å². The summed E-state index contributed by atoms with van der Waals surface area (Å²) in [5.41, 5.74) is 0.779. The third-order valence-electron chi connectivity index (χ3n) is 3.31. The molecule has 0 radical (unpaired) electrons. The van der Waals surface area contributed by atoms with Gasteiger partial charge in [-0.2, -0.15) is 0 Å². The zero-order chi connectivity index (χ0) is 12.1. The summed E-state index contributed by atoms with van der Waals surface area (Å²) < 4.78 is 6.00. The summed E-state index contributed by atoms with van der Waals surface area (Å²) in [5, 5.41) is 9.89. The normalized spacial score (nSPS) is 17.8. The highest BCUT2D eigenvalue weighted by atomic mass is 35.5. The van der Waals surface area contributed by atoms with Gasteiger partial charge in [-0.1, -0.05) is 36.6 Å². The topological polar surface area (TPSA) is 29.5 Å². The van der Waals surface area contributed by atoms with Crippen molar-refractivity contribution in [3.63, 3.8) is 0 Å². The maximum Gasteiger partial charge on any atom is 0.143 e. The molecule has 2 nitrogen and oxygen atoms in total. The number of para-hydroxylation sites is 1. The Labute approximate surface area is 108 Å². The van der Waals surface area contributed by atoms with Gasteiger partial charge in [0.05, 0.1) is 17.7 Å². The highest BCUT2D eigenvalue weighted by Gasteiger charge is 2.17. The maximum atomic E-state index is 9.29. The summed E-state index contributed by atoms with van der Waals surface area (Å²) in [4.78, 5) is 0. The molecule has 94 valence electrons. The predicted molar refractivity (Wildman–Crippen MR) is 69.5 cm³/mol. The van der Waals surface area contributed by atoms with E-state index in [-0.39, 0.29) is 12.7 Å². The Morgan fingerprint density at radius 3 is 2.53 bits per heavy atom. The van der Waals surface area contributed by atoms with Crippen molar-refractivity contribution in [2.75, 3.05) is 0 Å². The molecule has 1 aliphatic rings. The van der Waals surface area contributed by atoms with Gasteiger partial charge in [0.2, 0.25) is 0 Å². The van der Waals surface area contributed by atoms with E-state index in [4.69, 9.17) is 16.3 Å². The van der Waals surface area contributed by atoms with Crippen LogP contribution in [0, 0.1) is 0 Å². The van der Waals surface area contributed by atoms with Crippen LogP contribution in [-0.2, 0) is 6.61 Å². The fraction of sp³-hybridized carbons (Fsp3) is 0.571. The average Bonchev–Trinajstić information content (AvgIpc) is 2.60. The molecule has 0 amide bonds. The summed E-state index contributed by atoms with van der Waals surface area (Å²) in [6.07, 6.45) is 7.49. The Bertz CT molecular complexity index is 357. The molecule has 1 fully saturated rings. The van der Waals surface area contributed by atoms with Crippen LogP contribution in [0.3, 0.4) is 0 Å². The minimum Gasteiger partial charge on any atom is -0.488 e. The monoisotopic (exact) mass is 254 g/mol. The summed E-state index contributed by atoms with van der Waals surface area (Å²) in [7, 11) is 0. The molecule has 0 aliphatic heterocycles. The van der Waals surface area contributed by atoms with E-state index >= 15 is 0 Å². The first-order valence-corrected chi connectivity index (χ1v) is 6.74. The Kier molecular flexibility index (Phi) is 4.69. The van der Waals surface area contributed by atoms with Gasteiger partial charge in [0, 0.05) is 5.56 Å². The van der Waals surface area contributed by atoms with Crippen LogP contribution in [0.25, 0.3) is 0 Å². The van der Waals surface area contributed by atoms with Gasteiger partial charge in [-0.05, 0) is 31.7 Å². The average molecular weight is 255 g/mol. The van der Waals surface area contributed by atoms with Crippen LogP contribution in [-0.4, -0.2) is 11.2 Å². The van der Waals surface area contributed by atoms with Gasteiger partial charge in [0.15, 0.2) is 0 Å². The molecule has 0 saturated heterocycles. The van der Waals surface area contributed by atoms with Crippen molar-refractivity contribution in [1.29, 1.82) is 0 Å². The Morgan fingerprint density at radius 2 is 1.88 bits per heavy atom. The largest absolute Gasteiger partial charge is 0.488 e. The van der Waals surface area contributed by atoms with Gasteiger partial charge in [-0.15, -0.1) is 0 Å². The lowest BCUT2D eigenvalue weighted by molar-refractivity contribution is 0.176. The van der Waals surface area contributed by atoms with E-state index in [9.17, 15) is 5.11 Å². The van der Waals surface area contributed by atoms with Crippen LogP contribution in [0.1, 0.15) is 44.1 Å². The zero-order valence-corrected chi connectivity index (χ0v) is 10.7. The fourth-order valence-corrected chi connectivity index (χ4v) is 2.58. The number of halogens is 1. The maximum absolute atomic E-state index is 9.29. The van der Waals surface area contributed by atoms with Gasteiger partial charge in [-0.25, -0.2) is 0 Å². The first kappa shape index (κ1) is 12.7. The van der Waals surface area contributed by atoms with Crippen LogP contribution in [0.5, 0.6) is 5.75 Å². The van der Waals surface area contributed by atoms with Gasteiger partial charge < -0.3 is 9.84 Å². The first-order valence-electron chi connectivity index (χ1n) is 6.36. The van der Waals surface area contributed by atoms with Crippen LogP contribution in [0.2, 0.25) is 5.02 Å². The molecule has 1 aromatic rings. The van der Waals surface area contributed by atoms with Crippen molar-refractivity contribution in [2.24, 2.45) is 0 Å². The van der Waals surface area contributed by atoms with Crippen LogP contribution in [0.4, 0.5) is 0 Å². The minimum atomic E-state index is -0.0252. The van der Waals surface area contributed by atoms with E-state index in [1.807, 2.05) is 18.2 Å². The molecule has 2 rings (SSSR count). The van der Waals surface area contributed by atoms with Gasteiger partial charge in [-0.3, -0.25) is 0 Å². The molecular weight excluding hydrogens is 236 g/mol. The molecule has 0 aromatic heterocycles. The third-order valence-corrected chi connectivity index (χ3v) is 3.60. The second-order valence-corrected chi connectivity index (χ2v) is 5.02. The number of hydrogen-bond donors (Lipinski definition) is 1. The van der Waals surface area contributed by atoms with Crippen molar-refractivity contribution in [3.8, 4) is 5.75 Å². The smallest absolute Gasteiger partial charge is 0.143 e. The Hall–Kier alpha value is -0.730. The lowest BCUT2D eigenvalue weighted by Crippen LogP contribution is -2.16. The lowest BCUT2D eigenvalue weighted by atomic mass is 10.1. The number of rotatable bonds is 3. The Balaban J connectivity index is 2.11. The van der Waals surface area contributed by atoms with Crippen LogP contribution >= 0.6 is 11.6 Å². The van der Waals surface area contributed by atoms with E-state index in [1.54, 1.807) is 0 Å². The second-order valence-electron chi connectivity index (χ2n) is 4.62. The SMILES string of the molecule is OCc1cccc(Cl)c1OC1CCCCCC1. The number of ether oxygens (including phenoxy) is 1. The first-order chi connectivity index (χ1) is 8.31. The Morgan fingerprint density at radius 1 is 1.18 bits per heavy atom. The molecule has 1 saturated carbocycles.